The molecule has 0 saturated heterocycles. The number of benzene rings is 1. The van der Waals surface area contributed by atoms with E-state index in [4.69, 9.17) is 0 Å². The maximum Gasteiger partial charge on any atom is 0.401 e. The highest BCUT2D eigenvalue weighted by Crippen LogP contribution is 2.38. The maximum absolute atomic E-state index is 13.4. The Hall–Kier alpha value is -1.78. The van der Waals surface area contributed by atoms with Crippen molar-refractivity contribution < 1.29 is 18.0 Å². The van der Waals surface area contributed by atoms with E-state index in [0.29, 0.717) is 5.56 Å². The molecule has 0 saturated carbocycles. The first kappa shape index (κ1) is 17.3. The zero-order chi connectivity index (χ0) is 16.3. The molecular weight excluding hydrogens is 279 g/mol. The lowest BCUT2D eigenvalue weighted by molar-refractivity contribution is -0.185. The molecule has 1 aromatic rings. The van der Waals surface area contributed by atoms with Crippen molar-refractivity contribution in [1.82, 2.24) is 5.32 Å². The summed E-state index contributed by atoms with van der Waals surface area (Å²) >= 11 is 0. The fourth-order valence-electron chi connectivity index (χ4n) is 2.10. The average molecular weight is 299 g/mol. The maximum atomic E-state index is 13.4. The van der Waals surface area contributed by atoms with E-state index >= 15 is 0 Å². The number of amides is 1. The van der Waals surface area contributed by atoms with Gasteiger partial charge >= 0.3 is 6.18 Å². The van der Waals surface area contributed by atoms with Crippen LogP contribution in [-0.2, 0) is 4.79 Å². The molecule has 0 radical (unpaired) electrons. The van der Waals surface area contributed by atoms with Crippen LogP contribution in [0, 0.1) is 5.92 Å². The highest BCUT2D eigenvalue weighted by atomic mass is 19.4. The summed E-state index contributed by atoms with van der Waals surface area (Å²) in [6, 6.07) is 8.12. The molecule has 0 spiro atoms. The zero-order valence-electron chi connectivity index (χ0n) is 12.4. The molecule has 1 rings (SSSR count). The SMILES string of the molecule is C=CC(c1ccccc1)C(C(=O)NC(C)(C)C)C(F)(F)F. The molecule has 5 heteroatoms. The quantitative estimate of drug-likeness (QED) is 0.835. The van der Waals surface area contributed by atoms with E-state index in [1.165, 1.54) is 6.08 Å². The number of carbonyl (C=O) groups excluding carboxylic acids is 1. The van der Waals surface area contributed by atoms with Crippen molar-refractivity contribution in [3.63, 3.8) is 0 Å². The van der Waals surface area contributed by atoms with Crippen molar-refractivity contribution in [3.05, 3.63) is 48.6 Å². The van der Waals surface area contributed by atoms with Crippen molar-refractivity contribution in [3.8, 4) is 0 Å². The van der Waals surface area contributed by atoms with E-state index in [2.05, 4.69) is 11.9 Å². The first-order chi connectivity index (χ1) is 9.56. The highest BCUT2D eigenvalue weighted by molar-refractivity contribution is 5.81. The third-order valence-electron chi connectivity index (χ3n) is 2.93. The Balaban J connectivity index is 3.18. The molecule has 1 N–H and O–H groups in total. The second-order valence-electron chi connectivity index (χ2n) is 5.93. The van der Waals surface area contributed by atoms with Crippen LogP contribution >= 0.6 is 0 Å². The zero-order valence-corrected chi connectivity index (χ0v) is 12.4. The lowest BCUT2D eigenvalue weighted by atomic mass is 9.84. The summed E-state index contributed by atoms with van der Waals surface area (Å²) in [6.45, 7) is 8.40. The molecule has 116 valence electrons. The molecule has 0 aliphatic carbocycles. The normalized spacial score (nSPS) is 15.1. The van der Waals surface area contributed by atoms with Gasteiger partial charge in [0.05, 0.1) is 0 Å². The van der Waals surface area contributed by atoms with Gasteiger partial charge in [-0.1, -0.05) is 36.4 Å². The topological polar surface area (TPSA) is 29.1 Å². The second-order valence-corrected chi connectivity index (χ2v) is 5.93. The van der Waals surface area contributed by atoms with Crippen LogP contribution in [0.5, 0.6) is 0 Å². The second kappa shape index (κ2) is 6.33. The molecule has 0 aliphatic heterocycles. The van der Waals surface area contributed by atoms with E-state index in [0.717, 1.165) is 0 Å². The molecule has 2 unspecified atom stereocenters. The summed E-state index contributed by atoms with van der Waals surface area (Å²) in [5.41, 5.74) is -0.318. The molecule has 1 amide bonds. The lowest BCUT2D eigenvalue weighted by Gasteiger charge is -2.30. The summed E-state index contributed by atoms with van der Waals surface area (Å²) in [4.78, 5) is 12.1. The Labute approximate surface area is 123 Å². The summed E-state index contributed by atoms with van der Waals surface area (Å²) in [5, 5.41) is 2.40. The van der Waals surface area contributed by atoms with Crippen molar-refractivity contribution in [2.45, 2.75) is 38.4 Å². The van der Waals surface area contributed by atoms with Crippen LogP contribution in [0.15, 0.2) is 43.0 Å². The number of hydrogen-bond donors (Lipinski definition) is 1. The average Bonchev–Trinajstić information content (AvgIpc) is 2.32. The van der Waals surface area contributed by atoms with Crippen LogP contribution in [0.25, 0.3) is 0 Å². The number of rotatable bonds is 4. The number of allylic oxidation sites excluding steroid dienone is 1. The van der Waals surface area contributed by atoms with Crippen LogP contribution in [-0.4, -0.2) is 17.6 Å². The van der Waals surface area contributed by atoms with Crippen LogP contribution in [0.4, 0.5) is 13.2 Å². The largest absolute Gasteiger partial charge is 0.401 e. The molecular formula is C16H20F3NO. The Morgan fingerprint density at radius 2 is 1.71 bits per heavy atom. The van der Waals surface area contributed by atoms with E-state index < -0.39 is 29.5 Å². The monoisotopic (exact) mass is 299 g/mol. The van der Waals surface area contributed by atoms with Gasteiger partial charge in [-0.2, -0.15) is 13.2 Å². The molecule has 2 nitrogen and oxygen atoms in total. The van der Waals surface area contributed by atoms with E-state index in [9.17, 15) is 18.0 Å². The Bertz CT molecular complexity index is 488. The predicted octanol–water partition coefficient (Wildman–Crippen LogP) is 4.05. The van der Waals surface area contributed by atoms with Gasteiger partial charge in [0.15, 0.2) is 0 Å². The van der Waals surface area contributed by atoms with Crippen molar-refractivity contribution in [1.29, 1.82) is 0 Å². The summed E-state index contributed by atoms with van der Waals surface area (Å²) in [7, 11) is 0. The third kappa shape index (κ3) is 4.92. The van der Waals surface area contributed by atoms with Gasteiger partial charge in [0.25, 0.3) is 0 Å². The number of alkyl halides is 3. The fraction of sp³-hybridized carbons (Fsp3) is 0.438. The number of halogens is 3. The van der Waals surface area contributed by atoms with Gasteiger partial charge in [-0.05, 0) is 26.3 Å². The van der Waals surface area contributed by atoms with Crippen LogP contribution in [0.3, 0.4) is 0 Å². The molecule has 0 heterocycles. The van der Waals surface area contributed by atoms with Gasteiger partial charge in [-0.3, -0.25) is 4.79 Å². The highest BCUT2D eigenvalue weighted by Gasteiger charge is 2.49. The van der Waals surface area contributed by atoms with Gasteiger partial charge in [0.1, 0.15) is 5.92 Å². The number of nitrogens with one attached hydrogen (secondary N) is 1. The van der Waals surface area contributed by atoms with Gasteiger partial charge in [-0.25, -0.2) is 0 Å². The Kier molecular flexibility index (Phi) is 5.20. The fourth-order valence-corrected chi connectivity index (χ4v) is 2.10. The molecule has 1 aromatic carbocycles. The standard InChI is InChI=1S/C16H20F3NO/c1-5-12(11-9-7-6-8-10-11)13(16(17,18)19)14(21)20-15(2,3)4/h5-10,12-13H,1H2,2-4H3,(H,20,21). The Morgan fingerprint density at radius 3 is 2.10 bits per heavy atom. The van der Waals surface area contributed by atoms with Crippen LogP contribution in [0.2, 0.25) is 0 Å². The lowest BCUT2D eigenvalue weighted by Crippen LogP contribution is -2.49. The van der Waals surface area contributed by atoms with Crippen molar-refractivity contribution in [2.24, 2.45) is 5.92 Å². The molecule has 2 atom stereocenters. The first-order valence-electron chi connectivity index (χ1n) is 6.62. The molecule has 0 bridgehead atoms. The van der Waals surface area contributed by atoms with Crippen molar-refractivity contribution in [2.75, 3.05) is 0 Å². The van der Waals surface area contributed by atoms with E-state index in [1.807, 2.05) is 0 Å². The van der Waals surface area contributed by atoms with Gasteiger partial charge in [-0.15, -0.1) is 6.58 Å². The van der Waals surface area contributed by atoms with Crippen molar-refractivity contribution >= 4 is 5.91 Å². The molecule has 0 aromatic heterocycles. The number of hydrogen-bond acceptors (Lipinski definition) is 1. The number of carbonyl (C=O) groups is 1. The molecule has 21 heavy (non-hydrogen) atoms. The van der Waals surface area contributed by atoms with Crippen LogP contribution in [0.1, 0.15) is 32.3 Å². The molecule has 0 fully saturated rings. The summed E-state index contributed by atoms with van der Waals surface area (Å²) in [6.07, 6.45) is -3.47. The minimum Gasteiger partial charge on any atom is -0.351 e. The minimum absolute atomic E-state index is 0.416. The van der Waals surface area contributed by atoms with E-state index in [1.54, 1.807) is 51.1 Å². The summed E-state index contributed by atoms with van der Waals surface area (Å²) < 4.78 is 40.1. The molecule has 0 aliphatic rings. The Morgan fingerprint density at radius 1 is 1.19 bits per heavy atom. The third-order valence-corrected chi connectivity index (χ3v) is 2.93. The van der Waals surface area contributed by atoms with Gasteiger partial charge in [0, 0.05) is 11.5 Å². The van der Waals surface area contributed by atoms with E-state index in [-0.39, 0.29) is 0 Å². The first-order valence-corrected chi connectivity index (χ1v) is 6.62. The predicted molar refractivity (Wildman–Crippen MR) is 76.8 cm³/mol. The van der Waals surface area contributed by atoms with Crippen LogP contribution < -0.4 is 5.32 Å². The van der Waals surface area contributed by atoms with Gasteiger partial charge < -0.3 is 5.32 Å². The summed E-state index contributed by atoms with van der Waals surface area (Å²) in [5.74, 6) is -4.31. The van der Waals surface area contributed by atoms with Gasteiger partial charge in [0.2, 0.25) is 5.91 Å². The smallest absolute Gasteiger partial charge is 0.351 e. The minimum atomic E-state index is -4.65.